The van der Waals surface area contributed by atoms with E-state index in [1.165, 1.54) is 23.6 Å². The van der Waals surface area contributed by atoms with Crippen LogP contribution in [-0.2, 0) is 19.2 Å². The van der Waals surface area contributed by atoms with E-state index in [0.717, 1.165) is 63.5 Å². The molecule has 5 rings (SSSR count). The Morgan fingerprint density at radius 2 is 1.60 bits per heavy atom. The molecule has 3 fully saturated rings. The molecule has 5 N–H and O–H groups in total. The fourth-order valence-corrected chi connectivity index (χ4v) is 8.57. The topological polar surface area (TPSA) is 186 Å². The van der Waals surface area contributed by atoms with E-state index in [1.54, 1.807) is 11.9 Å². The highest BCUT2D eigenvalue weighted by molar-refractivity contribution is 5.98. The van der Waals surface area contributed by atoms with Crippen LogP contribution in [0.4, 0.5) is 5.69 Å². The van der Waals surface area contributed by atoms with Gasteiger partial charge in [-0.25, -0.2) is 4.98 Å². The van der Waals surface area contributed by atoms with Crippen LogP contribution in [-0.4, -0.2) is 92.9 Å². The van der Waals surface area contributed by atoms with E-state index >= 15 is 0 Å². The monoisotopic (exact) mass is 760 g/mol. The third kappa shape index (κ3) is 10.4. The number of aliphatic hydroxyl groups excluding tert-OH is 1. The molecule has 2 aliphatic carbocycles. The Kier molecular flexibility index (Phi) is 14.2. The molecule has 1 saturated heterocycles. The van der Waals surface area contributed by atoms with Gasteiger partial charge in [-0.1, -0.05) is 84.4 Å². The lowest BCUT2D eigenvalue weighted by molar-refractivity contribution is -0.147. The normalized spacial score (nSPS) is 22.3. The van der Waals surface area contributed by atoms with Gasteiger partial charge in [0.2, 0.25) is 17.7 Å². The third-order valence-corrected chi connectivity index (χ3v) is 11.5. The van der Waals surface area contributed by atoms with Gasteiger partial charge in [-0.05, 0) is 67.9 Å². The van der Waals surface area contributed by atoms with Crippen LogP contribution in [0.15, 0.2) is 48.9 Å². The number of aliphatic hydroxyl groups is 1. The summed E-state index contributed by atoms with van der Waals surface area (Å²) in [7, 11) is 1.67. The summed E-state index contributed by atoms with van der Waals surface area (Å²) in [6.07, 6.45) is 12.0. The van der Waals surface area contributed by atoms with E-state index in [-0.39, 0.29) is 29.5 Å². The zero-order chi connectivity index (χ0) is 39.7. The maximum absolute atomic E-state index is 15.0. The number of nitrogens with one attached hydrogen (secondary N) is 4. The first-order valence-corrected chi connectivity index (χ1v) is 20.1. The summed E-state index contributed by atoms with van der Waals surface area (Å²) in [6, 6.07) is 5.34. The standard InChI is InChI=1S/C41H60N8O6/c1-6-15-29(34(50)39(54)47-48(5)28-19-11-8-12-20-28)44-37(52)32-24-27-18-13-14-21-31(27)49(32)40(55)35(41(2,3)4)46-38(53)33(26-16-9-7-10-17-26)45-36(51)30-25-42-22-23-43-30/h8,11-12,19-20,22-23,25-27,29,31-35,50H,6-7,9-10,13-18,21,24H2,1-5H3,(H,44,52)(H,45,51)(H,46,53)(H,47,54)/t27?,29-,31?,32-,33-,34?,35+/m0/s1. The van der Waals surface area contributed by atoms with Crippen LogP contribution >= 0.6 is 0 Å². The number of nitrogens with zero attached hydrogens (tertiary/aromatic N) is 4. The van der Waals surface area contributed by atoms with Crippen LogP contribution < -0.4 is 26.4 Å². The number of para-hydroxylation sites is 1. The zero-order valence-electron chi connectivity index (χ0n) is 33.0. The molecule has 1 aromatic carbocycles. The van der Waals surface area contributed by atoms with E-state index in [2.05, 4.69) is 31.3 Å². The second kappa shape index (κ2) is 18.8. The maximum Gasteiger partial charge on any atom is 0.272 e. The Morgan fingerprint density at radius 1 is 0.909 bits per heavy atom. The lowest BCUT2D eigenvalue weighted by atomic mass is 9.81. The summed E-state index contributed by atoms with van der Waals surface area (Å²) in [5.41, 5.74) is 2.77. The number of hydrogen-bond acceptors (Lipinski definition) is 9. The number of benzene rings is 1. The average Bonchev–Trinajstić information content (AvgIpc) is 3.58. The van der Waals surface area contributed by atoms with Crippen LogP contribution in [0.5, 0.6) is 0 Å². The van der Waals surface area contributed by atoms with Crippen molar-refractivity contribution < 1.29 is 29.1 Å². The van der Waals surface area contributed by atoms with Gasteiger partial charge < -0.3 is 26.0 Å². The molecule has 0 bridgehead atoms. The molecule has 7 atom stereocenters. The van der Waals surface area contributed by atoms with Gasteiger partial charge in [0, 0.05) is 25.5 Å². The highest BCUT2D eigenvalue weighted by Gasteiger charge is 2.51. The van der Waals surface area contributed by atoms with Gasteiger partial charge in [0.25, 0.3) is 11.8 Å². The van der Waals surface area contributed by atoms with Crippen molar-refractivity contribution in [1.82, 2.24) is 36.2 Å². The third-order valence-electron chi connectivity index (χ3n) is 11.5. The Bertz CT molecular complexity index is 1620. The summed E-state index contributed by atoms with van der Waals surface area (Å²) in [5.74, 6) is -2.42. The summed E-state index contributed by atoms with van der Waals surface area (Å²) >= 11 is 0. The number of hydrogen-bond donors (Lipinski definition) is 5. The number of aromatic nitrogens is 2. The highest BCUT2D eigenvalue weighted by Crippen LogP contribution is 2.41. The molecule has 1 aromatic heterocycles. The summed E-state index contributed by atoms with van der Waals surface area (Å²) in [5, 5.41) is 21.7. The van der Waals surface area contributed by atoms with Crippen molar-refractivity contribution in [3.8, 4) is 0 Å². The van der Waals surface area contributed by atoms with Gasteiger partial charge in [0.15, 0.2) is 6.10 Å². The van der Waals surface area contributed by atoms with Crippen LogP contribution in [0.25, 0.3) is 0 Å². The SMILES string of the molecule is CCC[C@H](NC(=O)[C@@H]1CC2CCCCC2N1C(=O)[C@@H](NC(=O)[C@@H](NC(=O)c1cnccn1)C1CCCCC1)C(C)(C)C)C(O)C(=O)NN(C)c1ccccc1. The number of fused-ring (bicyclic) bond motifs is 1. The summed E-state index contributed by atoms with van der Waals surface area (Å²) in [6.45, 7) is 7.55. The lowest BCUT2D eigenvalue weighted by Gasteiger charge is -2.40. The van der Waals surface area contributed by atoms with Crippen LogP contribution in [0, 0.1) is 17.3 Å². The first-order valence-electron chi connectivity index (χ1n) is 20.1. The lowest BCUT2D eigenvalue weighted by Crippen LogP contribution is -2.63. The molecule has 1 aliphatic heterocycles. The molecule has 2 heterocycles. The van der Waals surface area contributed by atoms with Crippen LogP contribution in [0.1, 0.15) is 115 Å². The van der Waals surface area contributed by atoms with E-state index in [9.17, 15) is 29.1 Å². The van der Waals surface area contributed by atoms with Gasteiger partial charge in [0.1, 0.15) is 23.8 Å². The number of anilines is 1. The number of likely N-dealkylation sites (tertiary alicyclic amines) is 1. The molecule has 0 radical (unpaired) electrons. The molecule has 2 saturated carbocycles. The molecule has 3 aliphatic rings. The smallest absolute Gasteiger partial charge is 0.272 e. The highest BCUT2D eigenvalue weighted by atomic mass is 16.3. The van der Waals surface area contributed by atoms with E-state index < -0.39 is 59.3 Å². The fraction of sp³-hybridized carbons (Fsp3) is 0.634. The Balaban J connectivity index is 1.36. The van der Waals surface area contributed by atoms with Crippen LogP contribution in [0.2, 0.25) is 0 Å². The quantitative estimate of drug-likeness (QED) is 0.179. The number of amides is 5. The minimum absolute atomic E-state index is 0.0982. The van der Waals surface area contributed by atoms with Crippen molar-refractivity contribution in [2.75, 3.05) is 12.1 Å². The second-order valence-electron chi connectivity index (χ2n) is 16.6. The summed E-state index contributed by atoms with van der Waals surface area (Å²) in [4.78, 5) is 79.9. The van der Waals surface area contributed by atoms with Crippen molar-refractivity contribution in [3.05, 3.63) is 54.6 Å². The summed E-state index contributed by atoms with van der Waals surface area (Å²) < 4.78 is 0. The molecular weight excluding hydrogens is 701 g/mol. The zero-order valence-corrected chi connectivity index (χ0v) is 33.0. The molecule has 0 spiro atoms. The first-order chi connectivity index (χ1) is 26.3. The largest absolute Gasteiger partial charge is 0.381 e. The predicted octanol–water partition coefficient (Wildman–Crippen LogP) is 3.66. The van der Waals surface area contributed by atoms with Crippen LogP contribution in [0.3, 0.4) is 0 Å². The van der Waals surface area contributed by atoms with Gasteiger partial charge >= 0.3 is 0 Å². The van der Waals surface area contributed by atoms with Gasteiger partial charge in [0.05, 0.1) is 17.9 Å². The number of rotatable bonds is 14. The van der Waals surface area contributed by atoms with Crippen molar-refractivity contribution in [2.24, 2.45) is 17.3 Å². The number of carbonyl (C=O) groups is 5. The second-order valence-corrected chi connectivity index (χ2v) is 16.6. The molecule has 14 nitrogen and oxygen atoms in total. The Labute approximate surface area is 325 Å². The number of carbonyl (C=O) groups excluding carboxylic acids is 5. The minimum atomic E-state index is -1.54. The molecule has 300 valence electrons. The number of hydrazine groups is 1. The minimum Gasteiger partial charge on any atom is -0.381 e. The molecule has 55 heavy (non-hydrogen) atoms. The Hall–Kier alpha value is -4.59. The maximum atomic E-state index is 15.0. The Morgan fingerprint density at radius 3 is 2.25 bits per heavy atom. The average molecular weight is 761 g/mol. The van der Waals surface area contributed by atoms with Gasteiger partial charge in [-0.3, -0.25) is 39.4 Å². The van der Waals surface area contributed by atoms with Gasteiger partial charge in [-0.2, -0.15) is 0 Å². The van der Waals surface area contributed by atoms with Crippen molar-refractivity contribution >= 4 is 35.2 Å². The fourth-order valence-electron chi connectivity index (χ4n) is 8.57. The van der Waals surface area contributed by atoms with E-state index in [0.29, 0.717) is 19.3 Å². The molecule has 2 aromatic rings. The van der Waals surface area contributed by atoms with Crippen molar-refractivity contribution in [2.45, 2.75) is 141 Å². The molecule has 14 heteroatoms. The van der Waals surface area contributed by atoms with Crippen molar-refractivity contribution in [3.63, 3.8) is 0 Å². The van der Waals surface area contributed by atoms with E-state index in [4.69, 9.17) is 0 Å². The van der Waals surface area contributed by atoms with Crippen molar-refractivity contribution in [1.29, 1.82) is 0 Å². The molecule has 5 amide bonds. The predicted molar refractivity (Wildman–Crippen MR) is 208 cm³/mol. The first kappa shape index (κ1) is 41.6. The molecular formula is C41H60N8O6. The van der Waals surface area contributed by atoms with Gasteiger partial charge in [-0.15, -0.1) is 0 Å². The van der Waals surface area contributed by atoms with E-state index in [1.807, 2.05) is 58.0 Å². The molecule has 3 unspecified atom stereocenters.